The quantitative estimate of drug-likeness (QED) is 0.188. The van der Waals surface area contributed by atoms with E-state index < -0.39 is 24.4 Å². The molecule has 0 saturated heterocycles. The summed E-state index contributed by atoms with van der Waals surface area (Å²) in [5.74, 6) is -1.48. The fourth-order valence-electron chi connectivity index (χ4n) is 4.03. The summed E-state index contributed by atoms with van der Waals surface area (Å²) in [6, 6.07) is 23.8. The summed E-state index contributed by atoms with van der Waals surface area (Å²) < 4.78 is 20.9. The van der Waals surface area contributed by atoms with E-state index in [1.54, 1.807) is 6.07 Å². The second-order valence-corrected chi connectivity index (χ2v) is 9.65. The molecule has 42 heavy (non-hydrogen) atoms. The summed E-state index contributed by atoms with van der Waals surface area (Å²) in [7, 11) is 2.82. The molecular formula is C31H25N3O7S. The van der Waals surface area contributed by atoms with Crippen LogP contribution in [0.2, 0.25) is 0 Å². The molecule has 212 valence electrons. The third-order valence-corrected chi connectivity index (χ3v) is 6.87. The number of carbonyl (C=O) groups excluding carboxylic acids is 3. The number of carbonyl (C=O) groups is 3. The topological polar surface area (TPSA) is 129 Å². The number of esters is 1. The summed E-state index contributed by atoms with van der Waals surface area (Å²) in [4.78, 5) is 42.6. The molecule has 3 aromatic carbocycles. The van der Waals surface area contributed by atoms with E-state index in [9.17, 15) is 14.4 Å². The first-order valence-electron chi connectivity index (χ1n) is 12.6. The van der Waals surface area contributed by atoms with E-state index in [0.29, 0.717) is 10.8 Å². The van der Waals surface area contributed by atoms with Gasteiger partial charge in [0.05, 0.1) is 37.4 Å². The fourth-order valence-corrected chi connectivity index (χ4v) is 4.77. The smallest absolute Gasteiger partial charge is 0.340 e. The van der Waals surface area contributed by atoms with Gasteiger partial charge in [-0.2, -0.15) is 0 Å². The van der Waals surface area contributed by atoms with Crippen molar-refractivity contribution in [1.29, 1.82) is 0 Å². The Bertz CT molecular complexity index is 1700. The number of hydrogen-bond donors (Lipinski definition) is 2. The highest BCUT2D eigenvalue weighted by Gasteiger charge is 2.22. The number of rotatable bonds is 10. The number of amides is 2. The SMILES string of the molecule is COc1cc(NC(=O)c2ccco2)c(C(=O)OCC(=O)Nc2nc(-c3ccc(-c4ccccc4)cc3)cs2)cc1OC. The lowest BCUT2D eigenvalue weighted by molar-refractivity contribution is -0.119. The van der Waals surface area contributed by atoms with Gasteiger partial charge in [-0.25, -0.2) is 9.78 Å². The lowest BCUT2D eigenvalue weighted by Gasteiger charge is -2.15. The zero-order valence-electron chi connectivity index (χ0n) is 22.6. The van der Waals surface area contributed by atoms with Crippen molar-refractivity contribution in [3.05, 3.63) is 102 Å². The lowest BCUT2D eigenvalue weighted by atomic mass is 10.0. The van der Waals surface area contributed by atoms with E-state index in [4.69, 9.17) is 18.6 Å². The molecule has 0 aliphatic rings. The van der Waals surface area contributed by atoms with Crippen LogP contribution in [0.4, 0.5) is 10.8 Å². The van der Waals surface area contributed by atoms with Crippen LogP contribution < -0.4 is 20.1 Å². The Morgan fingerprint density at radius 1 is 0.833 bits per heavy atom. The van der Waals surface area contributed by atoms with Gasteiger partial charge < -0.3 is 23.9 Å². The van der Waals surface area contributed by atoms with Gasteiger partial charge in [-0.1, -0.05) is 54.6 Å². The van der Waals surface area contributed by atoms with Gasteiger partial charge in [0, 0.05) is 23.1 Å². The van der Waals surface area contributed by atoms with E-state index >= 15 is 0 Å². The van der Waals surface area contributed by atoms with Crippen LogP contribution in [-0.4, -0.2) is 43.6 Å². The van der Waals surface area contributed by atoms with E-state index in [1.165, 1.54) is 50.0 Å². The molecule has 0 atom stereocenters. The Balaban J connectivity index is 1.23. The zero-order valence-corrected chi connectivity index (χ0v) is 23.4. The standard InChI is InChI=1S/C31H25N3O7S/c1-38-26-15-22(23(16-27(26)39-2)32-29(36)25-9-6-14-40-25)30(37)41-17-28(35)34-31-33-24(18-42-31)21-12-10-20(11-13-21)19-7-4-3-5-8-19/h3-16,18H,17H2,1-2H3,(H,32,36)(H,33,34,35). The number of ether oxygens (including phenoxy) is 3. The van der Waals surface area contributed by atoms with Gasteiger partial charge in [0.1, 0.15) is 0 Å². The van der Waals surface area contributed by atoms with Crippen LogP contribution in [0.1, 0.15) is 20.9 Å². The number of benzene rings is 3. The molecule has 2 N–H and O–H groups in total. The second kappa shape index (κ2) is 12.8. The van der Waals surface area contributed by atoms with Crippen molar-refractivity contribution >= 4 is 39.9 Å². The van der Waals surface area contributed by atoms with Crippen LogP contribution in [0.15, 0.2) is 94.9 Å². The summed E-state index contributed by atoms with van der Waals surface area (Å²) in [5, 5.41) is 7.43. The van der Waals surface area contributed by atoms with Crippen molar-refractivity contribution in [2.75, 3.05) is 31.5 Å². The van der Waals surface area contributed by atoms with E-state index in [1.807, 2.05) is 60.0 Å². The van der Waals surface area contributed by atoms with Crippen LogP contribution in [-0.2, 0) is 9.53 Å². The highest BCUT2D eigenvalue weighted by atomic mass is 32.1. The van der Waals surface area contributed by atoms with Crippen LogP contribution in [0, 0.1) is 0 Å². The van der Waals surface area contributed by atoms with Crippen LogP contribution >= 0.6 is 11.3 Å². The van der Waals surface area contributed by atoms with Gasteiger partial charge in [-0.3, -0.25) is 14.9 Å². The molecule has 2 heterocycles. The first kappa shape index (κ1) is 28.1. The minimum atomic E-state index is -0.862. The van der Waals surface area contributed by atoms with Crippen molar-refractivity contribution < 1.29 is 33.0 Å². The molecule has 5 rings (SSSR count). The number of anilines is 2. The molecule has 0 aliphatic heterocycles. The monoisotopic (exact) mass is 583 g/mol. The predicted octanol–water partition coefficient (Wildman–Crippen LogP) is 6.14. The number of nitrogens with one attached hydrogen (secondary N) is 2. The highest BCUT2D eigenvalue weighted by Crippen LogP contribution is 2.34. The van der Waals surface area contributed by atoms with E-state index in [0.717, 1.165) is 16.7 Å². The normalized spacial score (nSPS) is 10.5. The Labute approximate surface area is 244 Å². The van der Waals surface area contributed by atoms with E-state index in [-0.39, 0.29) is 28.5 Å². The summed E-state index contributed by atoms with van der Waals surface area (Å²) >= 11 is 1.25. The molecule has 0 saturated carbocycles. The number of methoxy groups -OCH3 is 2. The molecule has 0 bridgehead atoms. The molecule has 2 amide bonds. The molecule has 10 nitrogen and oxygen atoms in total. The second-order valence-electron chi connectivity index (χ2n) is 8.79. The van der Waals surface area contributed by atoms with Crippen molar-refractivity contribution in [1.82, 2.24) is 4.98 Å². The molecule has 11 heteroatoms. The first-order chi connectivity index (χ1) is 20.4. The van der Waals surface area contributed by atoms with Gasteiger partial charge in [-0.05, 0) is 23.3 Å². The van der Waals surface area contributed by atoms with Crippen molar-refractivity contribution in [3.63, 3.8) is 0 Å². The average molecular weight is 584 g/mol. The van der Waals surface area contributed by atoms with Gasteiger partial charge in [0.25, 0.3) is 11.8 Å². The number of furan rings is 1. The summed E-state index contributed by atoms with van der Waals surface area (Å²) in [6.45, 7) is -0.584. The maximum Gasteiger partial charge on any atom is 0.340 e. The summed E-state index contributed by atoms with van der Waals surface area (Å²) in [6.07, 6.45) is 1.35. The molecule has 0 radical (unpaired) electrons. The van der Waals surface area contributed by atoms with Crippen LogP contribution in [0.5, 0.6) is 11.5 Å². The minimum Gasteiger partial charge on any atom is -0.493 e. The Morgan fingerprint density at radius 2 is 1.52 bits per heavy atom. The third kappa shape index (κ3) is 6.48. The Hall–Kier alpha value is -5.42. The average Bonchev–Trinajstić information content (AvgIpc) is 3.73. The number of nitrogens with zero attached hydrogens (tertiary/aromatic N) is 1. The maximum absolute atomic E-state index is 13.0. The van der Waals surface area contributed by atoms with Crippen molar-refractivity contribution in [2.24, 2.45) is 0 Å². The van der Waals surface area contributed by atoms with Gasteiger partial charge in [0.2, 0.25) is 0 Å². The number of aromatic nitrogens is 1. The van der Waals surface area contributed by atoms with Crippen LogP contribution in [0.3, 0.4) is 0 Å². The van der Waals surface area contributed by atoms with Gasteiger partial charge in [-0.15, -0.1) is 11.3 Å². The number of thiazole rings is 1. The zero-order chi connectivity index (χ0) is 29.5. The largest absolute Gasteiger partial charge is 0.493 e. The molecule has 2 aromatic heterocycles. The molecule has 5 aromatic rings. The molecule has 0 spiro atoms. The molecular weight excluding hydrogens is 558 g/mol. The Morgan fingerprint density at radius 3 is 2.21 bits per heavy atom. The van der Waals surface area contributed by atoms with Crippen molar-refractivity contribution in [3.8, 4) is 33.9 Å². The molecule has 0 aliphatic carbocycles. The maximum atomic E-state index is 13.0. The Kier molecular flexibility index (Phi) is 8.59. The van der Waals surface area contributed by atoms with E-state index in [2.05, 4.69) is 15.6 Å². The molecule has 0 fully saturated rings. The summed E-state index contributed by atoms with van der Waals surface area (Å²) in [5.41, 5.74) is 3.84. The third-order valence-electron chi connectivity index (χ3n) is 6.11. The fraction of sp³-hybridized carbons (Fsp3) is 0.0968. The molecule has 0 unspecified atom stereocenters. The lowest BCUT2D eigenvalue weighted by Crippen LogP contribution is -2.22. The van der Waals surface area contributed by atoms with Crippen molar-refractivity contribution in [2.45, 2.75) is 0 Å². The first-order valence-corrected chi connectivity index (χ1v) is 13.5. The predicted molar refractivity (Wildman–Crippen MR) is 158 cm³/mol. The van der Waals surface area contributed by atoms with Gasteiger partial charge in [0.15, 0.2) is 29.0 Å². The number of hydrogen-bond acceptors (Lipinski definition) is 9. The minimum absolute atomic E-state index is 0.0402. The highest BCUT2D eigenvalue weighted by molar-refractivity contribution is 7.14. The van der Waals surface area contributed by atoms with Crippen LogP contribution in [0.25, 0.3) is 22.4 Å². The van der Waals surface area contributed by atoms with Gasteiger partial charge >= 0.3 is 5.97 Å².